The fraction of sp³-hybridized carbons (Fsp3) is 0.933. The first-order chi connectivity index (χ1) is 18.6. The Morgan fingerprint density at radius 3 is 1.90 bits per heavy atom. The van der Waals surface area contributed by atoms with Crippen LogP contribution in [0, 0.1) is 29.6 Å². The zero-order valence-electron chi connectivity index (χ0n) is 23.9. The minimum atomic E-state index is -3.71. The lowest BCUT2D eigenvalue weighted by Gasteiger charge is -2.66. The molecule has 0 radical (unpaired) electrons. The van der Waals surface area contributed by atoms with E-state index in [1.807, 2.05) is 0 Å². The van der Waals surface area contributed by atoms with Crippen molar-refractivity contribution in [1.82, 2.24) is 0 Å². The number of rotatable bonds is 10. The van der Waals surface area contributed by atoms with Crippen LogP contribution in [0.4, 0.5) is 8.78 Å². The Bertz CT molecular complexity index is 991. The summed E-state index contributed by atoms with van der Waals surface area (Å²) in [6.45, 7) is 4.90. The van der Waals surface area contributed by atoms with Gasteiger partial charge in [-0.3, -0.25) is 0 Å². The number of alkyl halides is 2. The van der Waals surface area contributed by atoms with Gasteiger partial charge in [-0.2, -0.15) is 8.78 Å². The summed E-state index contributed by atoms with van der Waals surface area (Å²) in [5.74, 6) is -2.86. The van der Waals surface area contributed by atoms with E-state index in [0.717, 1.165) is 11.8 Å². The average Bonchev–Trinajstić information content (AvgIpc) is 2.78. The van der Waals surface area contributed by atoms with Crippen LogP contribution in [-0.4, -0.2) is 75.9 Å². The molecule has 0 heterocycles. The maximum Gasteiger partial charge on any atom is 0.377 e. The molecule has 2 unspecified atom stereocenters. The summed E-state index contributed by atoms with van der Waals surface area (Å²) >= 11 is 0. The van der Waals surface area contributed by atoms with E-state index >= 15 is 0 Å². The third kappa shape index (κ3) is 4.88. The lowest BCUT2D eigenvalue weighted by Crippen LogP contribution is -2.73. The van der Waals surface area contributed by atoms with E-state index in [1.54, 1.807) is 0 Å². The largest absolute Gasteiger partial charge is 0.462 e. The Balaban J connectivity index is 1.05. The molecule has 2 N–H and O–H groups in total. The lowest BCUT2D eigenvalue weighted by molar-refractivity contribution is -0.313. The summed E-state index contributed by atoms with van der Waals surface area (Å²) in [7, 11) is 0. The fourth-order valence-electron chi connectivity index (χ4n) is 10.8. The first kappa shape index (κ1) is 28.7. The van der Waals surface area contributed by atoms with E-state index in [4.69, 9.17) is 18.9 Å². The summed E-state index contributed by atoms with van der Waals surface area (Å²) in [6.07, 6.45) is 6.45. The molecular formula is C30H44F2O8. The molecule has 2 atom stereocenters. The SMILES string of the molecule is CC(C)C1(OCCOC(=O)COC23CC4(O)CC(O)(C2)CC(OC(=O)C(C)(F)F)(C4)C3)C2CC3CC(C2)CC1C3. The molecule has 8 aliphatic rings. The van der Waals surface area contributed by atoms with Gasteiger partial charge in [0.2, 0.25) is 0 Å². The van der Waals surface area contributed by atoms with Crippen LogP contribution in [0.1, 0.15) is 91.4 Å². The van der Waals surface area contributed by atoms with Crippen LogP contribution in [0.5, 0.6) is 0 Å². The quantitative estimate of drug-likeness (QED) is 0.300. The van der Waals surface area contributed by atoms with Gasteiger partial charge in [-0.1, -0.05) is 13.8 Å². The summed E-state index contributed by atoms with van der Waals surface area (Å²) < 4.78 is 50.6. The van der Waals surface area contributed by atoms with Gasteiger partial charge in [-0.15, -0.1) is 0 Å². The van der Waals surface area contributed by atoms with Crippen molar-refractivity contribution in [2.75, 3.05) is 19.8 Å². The molecule has 0 aromatic carbocycles. The second-order valence-electron chi connectivity index (χ2n) is 14.8. The number of hydrogen-bond acceptors (Lipinski definition) is 8. The molecule has 10 heteroatoms. The Morgan fingerprint density at radius 1 is 0.825 bits per heavy atom. The zero-order chi connectivity index (χ0) is 28.8. The maximum absolute atomic E-state index is 13.7. The van der Waals surface area contributed by atoms with Crippen molar-refractivity contribution in [2.24, 2.45) is 29.6 Å². The molecule has 8 rings (SSSR count). The van der Waals surface area contributed by atoms with E-state index < -0.39 is 46.9 Å². The molecule has 8 fully saturated rings. The van der Waals surface area contributed by atoms with Gasteiger partial charge >= 0.3 is 17.9 Å². The van der Waals surface area contributed by atoms with Crippen molar-refractivity contribution in [3.05, 3.63) is 0 Å². The fourth-order valence-corrected chi connectivity index (χ4v) is 10.8. The van der Waals surface area contributed by atoms with Gasteiger partial charge in [-0.25, -0.2) is 9.59 Å². The second kappa shape index (κ2) is 9.32. The van der Waals surface area contributed by atoms with Gasteiger partial charge in [0, 0.05) is 45.4 Å². The second-order valence-corrected chi connectivity index (χ2v) is 14.8. The molecule has 40 heavy (non-hydrogen) atoms. The molecule has 226 valence electrons. The third-order valence-corrected chi connectivity index (χ3v) is 11.1. The number of esters is 2. The van der Waals surface area contributed by atoms with Gasteiger partial charge in [0.05, 0.1) is 29.0 Å². The van der Waals surface area contributed by atoms with Crippen molar-refractivity contribution >= 4 is 11.9 Å². The average molecular weight is 571 g/mol. The van der Waals surface area contributed by atoms with Crippen molar-refractivity contribution in [3.63, 3.8) is 0 Å². The van der Waals surface area contributed by atoms with Gasteiger partial charge in [0.1, 0.15) is 18.8 Å². The first-order valence-electron chi connectivity index (χ1n) is 15.1. The van der Waals surface area contributed by atoms with E-state index in [2.05, 4.69) is 13.8 Å². The first-order valence-corrected chi connectivity index (χ1v) is 15.1. The van der Waals surface area contributed by atoms with E-state index in [-0.39, 0.29) is 50.7 Å². The molecule has 8 bridgehead atoms. The van der Waals surface area contributed by atoms with Crippen molar-refractivity contribution in [2.45, 2.75) is 125 Å². The van der Waals surface area contributed by atoms with Crippen molar-refractivity contribution < 1.29 is 47.5 Å². The zero-order valence-corrected chi connectivity index (χ0v) is 23.9. The Kier molecular flexibility index (Phi) is 6.70. The summed E-state index contributed by atoms with van der Waals surface area (Å²) in [4.78, 5) is 24.8. The minimum absolute atomic E-state index is 0.0184. The van der Waals surface area contributed by atoms with Crippen LogP contribution in [0.25, 0.3) is 0 Å². The maximum atomic E-state index is 13.7. The van der Waals surface area contributed by atoms with E-state index in [9.17, 15) is 28.6 Å². The lowest BCUT2D eigenvalue weighted by atomic mass is 9.47. The van der Waals surface area contributed by atoms with Gasteiger partial charge in [0.15, 0.2) is 0 Å². The molecular weight excluding hydrogens is 526 g/mol. The van der Waals surface area contributed by atoms with E-state index in [1.165, 1.54) is 32.1 Å². The molecule has 8 nitrogen and oxygen atoms in total. The summed E-state index contributed by atoms with van der Waals surface area (Å²) in [5, 5.41) is 22.4. The topological polar surface area (TPSA) is 112 Å². The molecule has 0 saturated heterocycles. The third-order valence-electron chi connectivity index (χ3n) is 11.1. The number of carbonyl (C=O) groups excluding carboxylic acids is 2. The van der Waals surface area contributed by atoms with E-state index in [0.29, 0.717) is 31.3 Å². The predicted molar refractivity (Wildman–Crippen MR) is 137 cm³/mol. The highest BCUT2D eigenvalue weighted by atomic mass is 19.3. The van der Waals surface area contributed by atoms with Crippen LogP contribution in [-0.2, 0) is 28.5 Å². The number of ether oxygens (including phenoxy) is 4. The molecule has 8 saturated carbocycles. The normalized spacial score (nSPS) is 46.7. The van der Waals surface area contributed by atoms with Crippen LogP contribution in [0.2, 0.25) is 0 Å². The highest BCUT2D eigenvalue weighted by Gasteiger charge is 2.71. The molecule has 0 spiro atoms. The Hall–Kier alpha value is -1.36. The monoisotopic (exact) mass is 570 g/mol. The highest BCUT2D eigenvalue weighted by molar-refractivity contribution is 5.77. The van der Waals surface area contributed by atoms with Crippen LogP contribution in [0.3, 0.4) is 0 Å². The van der Waals surface area contributed by atoms with Crippen LogP contribution < -0.4 is 0 Å². The Morgan fingerprint density at radius 2 is 1.38 bits per heavy atom. The molecule has 0 aromatic heterocycles. The number of hydrogen-bond donors (Lipinski definition) is 2. The molecule has 8 aliphatic carbocycles. The smallest absolute Gasteiger partial charge is 0.377 e. The summed E-state index contributed by atoms with van der Waals surface area (Å²) in [5.41, 5.74) is -5.75. The van der Waals surface area contributed by atoms with Crippen LogP contribution in [0.15, 0.2) is 0 Å². The standard InChI is InChI=1S/C30H44F2O8/c1-18(2)30(21-7-19-6-20(9-21)10-22(30)8-19)38-5-4-37-23(33)11-39-28-13-26(35)12-27(36,14-28)16-29(15-26,17-28)40-24(34)25(3,31)32/h18-22,35-36H,4-17H2,1-3H3. The van der Waals surface area contributed by atoms with Gasteiger partial charge in [0.25, 0.3) is 0 Å². The van der Waals surface area contributed by atoms with Gasteiger partial charge < -0.3 is 29.2 Å². The predicted octanol–water partition coefficient (Wildman–Crippen LogP) is 3.93. The number of halogens is 2. The highest BCUT2D eigenvalue weighted by Crippen LogP contribution is 2.64. The summed E-state index contributed by atoms with van der Waals surface area (Å²) in [6, 6.07) is 0. The minimum Gasteiger partial charge on any atom is -0.462 e. The number of aliphatic hydroxyl groups is 2. The molecule has 0 aliphatic heterocycles. The van der Waals surface area contributed by atoms with Crippen LogP contribution >= 0.6 is 0 Å². The molecule has 0 aromatic rings. The molecule has 0 amide bonds. The Labute approximate surface area is 234 Å². The van der Waals surface area contributed by atoms with Crippen molar-refractivity contribution in [1.29, 1.82) is 0 Å². The van der Waals surface area contributed by atoms with Crippen molar-refractivity contribution in [3.8, 4) is 0 Å². The van der Waals surface area contributed by atoms with Gasteiger partial charge in [-0.05, 0) is 61.7 Å². The number of carbonyl (C=O) groups is 2.